The van der Waals surface area contributed by atoms with Crippen LogP contribution in [-0.2, 0) is 16.6 Å². The zero-order chi connectivity index (χ0) is 26.6. The van der Waals surface area contributed by atoms with Gasteiger partial charge in [0.1, 0.15) is 0 Å². The van der Waals surface area contributed by atoms with Gasteiger partial charge in [0.15, 0.2) is 0 Å². The summed E-state index contributed by atoms with van der Waals surface area (Å²) in [6.07, 6.45) is 0. The molecule has 4 aromatic carbocycles. The van der Waals surface area contributed by atoms with Gasteiger partial charge in [-0.15, -0.1) is 0 Å². The molecule has 1 amide bonds. The summed E-state index contributed by atoms with van der Waals surface area (Å²) >= 11 is 6.02. The third kappa shape index (κ3) is 5.82. The molecule has 7 nitrogen and oxygen atoms in total. The molecule has 0 aromatic heterocycles. The number of nitrogens with zero attached hydrogens (tertiary/aromatic N) is 1. The summed E-state index contributed by atoms with van der Waals surface area (Å²) in [4.78, 5) is 25.1. The van der Waals surface area contributed by atoms with E-state index in [0.717, 1.165) is 5.56 Å². The highest BCUT2D eigenvalue weighted by Crippen LogP contribution is 2.30. The number of rotatable bonds is 8. The molecule has 0 saturated carbocycles. The third-order valence-corrected chi connectivity index (χ3v) is 7.70. The van der Waals surface area contributed by atoms with Crippen molar-refractivity contribution in [2.75, 3.05) is 9.62 Å². The molecule has 0 bridgehead atoms. The Balaban J connectivity index is 1.80. The SMILES string of the molecule is Cc1ccc(S(=O)(=O)N(Cc2ccc(Cl)cc2)c2ccccc2C(=O)Nc2ccccc2C(=O)O)cc1. The number of carbonyl (C=O) groups is 2. The predicted molar refractivity (Wildman–Crippen MR) is 144 cm³/mol. The van der Waals surface area contributed by atoms with Crippen LogP contribution in [0, 0.1) is 6.92 Å². The molecular weight excluding hydrogens is 512 g/mol. The largest absolute Gasteiger partial charge is 0.478 e. The molecule has 0 radical (unpaired) electrons. The molecule has 0 aliphatic rings. The number of carboxylic acids is 1. The number of aromatic carboxylic acids is 1. The summed E-state index contributed by atoms with van der Waals surface area (Å²) in [5.74, 6) is -1.85. The van der Waals surface area contributed by atoms with E-state index in [1.165, 1.54) is 34.6 Å². The average Bonchev–Trinajstić information content (AvgIpc) is 2.88. The Morgan fingerprint density at radius 2 is 1.43 bits per heavy atom. The molecule has 0 aliphatic heterocycles. The second-order valence-corrected chi connectivity index (χ2v) is 10.6. The van der Waals surface area contributed by atoms with Gasteiger partial charge in [0.25, 0.3) is 15.9 Å². The number of sulfonamides is 1. The Kier molecular flexibility index (Phi) is 7.61. The number of benzene rings is 4. The van der Waals surface area contributed by atoms with Gasteiger partial charge >= 0.3 is 5.97 Å². The number of carboxylic acid groups (broad SMARTS) is 1. The normalized spacial score (nSPS) is 11.1. The van der Waals surface area contributed by atoms with Crippen LogP contribution in [0.2, 0.25) is 5.02 Å². The van der Waals surface area contributed by atoms with Crippen molar-refractivity contribution in [2.45, 2.75) is 18.4 Å². The lowest BCUT2D eigenvalue weighted by Crippen LogP contribution is -2.32. The standard InChI is InChI=1S/C28H23ClN2O5S/c1-19-10-16-22(17-11-19)37(35,36)31(18-20-12-14-21(29)15-13-20)26-9-5-3-7-24(26)27(32)30-25-8-4-2-6-23(25)28(33)34/h2-17H,18H2,1H3,(H,30,32)(H,33,34). The molecule has 0 spiro atoms. The summed E-state index contributed by atoms with van der Waals surface area (Å²) in [6, 6.07) is 25.5. The van der Waals surface area contributed by atoms with E-state index >= 15 is 0 Å². The smallest absolute Gasteiger partial charge is 0.337 e. The van der Waals surface area contributed by atoms with Crippen LogP contribution >= 0.6 is 11.6 Å². The lowest BCUT2D eigenvalue weighted by atomic mass is 10.1. The molecule has 0 heterocycles. The molecule has 188 valence electrons. The minimum Gasteiger partial charge on any atom is -0.478 e. The summed E-state index contributed by atoms with van der Waals surface area (Å²) in [5.41, 5.74) is 1.78. The summed E-state index contributed by atoms with van der Waals surface area (Å²) in [6.45, 7) is 1.79. The predicted octanol–water partition coefficient (Wildman–Crippen LogP) is 5.99. The van der Waals surface area contributed by atoms with Crippen molar-refractivity contribution in [3.05, 3.63) is 124 Å². The molecule has 4 aromatic rings. The van der Waals surface area contributed by atoms with E-state index in [0.29, 0.717) is 10.6 Å². The highest BCUT2D eigenvalue weighted by atomic mass is 35.5. The number of aryl methyl sites for hydroxylation is 1. The quantitative estimate of drug-likeness (QED) is 0.289. The van der Waals surface area contributed by atoms with Crippen molar-refractivity contribution >= 4 is 44.9 Å². The van der Waals surface area contributed by atoms with Gasteiger partial charge < -0.3 is 10.4 Å². The Bertz CT molecular complexity index is 1550. The Morgan fingerprint density at radius 1 is 0.838 bits per heavy atom. The van der Waals surface area contributed by atoms with Crippen LogP contribution in [0.1, 0.15) is 31.8 Å². The number of anilines is 2. The fourth-order valence-corrected chi connectivity index (χ4v) is 5.34. The number of hydrogen-bond acceptors (Lipinski definition) is 4. The maximum Gasteiger partial charge on any atom is 0.337 e. The first-order chi connectivity index (χ1) is 17.7. The zero-order valence-corrected chi connectivity index (χ0v) is 21.3. The fourth-order valence-electron chi connectivity index (χ4n) is 3.74. The van der Waals surface area contributed by atoms with Gasteiger partial charge in [0, 0.05) is 5.02 Å². The van der Waals surface area contributed by atoms with E-state index in [2.05, 4.69) is 5.32 Å². The number of nitrogens with one attached hydrogen (secondary N) is 1. The van der Waals surface area contributed by atoms with Crippen LogP contribution in [0.25, 0.3) is 0 Å². The number of carbonyl (C=O) groups excluding carboxylic acids is 1. The maximum atomic E-state index is 13.9. The van der Waals surface area contributed by atoms with Gasteiger partial charge in [-0.1, -0.05) is 65.7 Å². The number of halogens is 1. The van der Waals surface area contributed by atoms with Crippen LogP contribution in [0.15, 0.2) is 102 Å². The Morgan fingerprint density at radius 3 is 2.08 bits per heavy atom. The van der Waals surface area contributed by atoms with Crippen LogP contribution in [0.4, 0.5) is 11.4 Å². The van der Waals surface area contributed by atoms with Crippen molar-refractivity contribution in [1.29, 1.82) is 0 Å². The molecule has 0 atom stereocenters. The van der Waals surface area contributed by atoms with E-state index in [1.807, 2.05) is 6.92 Å². The van der Waals surface area contributed by atoms with Gasteiger partial charge in [-0.05, 0) is 61.0 Å². The summed E-state index contributed by atoms with van der Waals surface area (Å²) < 4.78 is 28.9. The van der Waals surface area contributed by atoms with Crippen molar-refractivity contribution in [3.8, 4) is 0 Å². The van der Waals surface area contributed by atoms with Crippen LogP contribution in [0.5, 0.6) is 0 Å². The minimum absolute atomic E-state index is 0.0624. The lowest BCUT2D eigenvalue weighted by molar-refractivity contribution is 0.0698. The van der Waals surface area contributed by atoms with Crippen molar-refractivity contribution in [1.82, 2.24) is 0 Å². The highest BCUT2D eigenvalue weighted by molar-refractivity contribution is 7.92. The maximum absolute atomic E-state index is 13.9. The number of hydrogen-bond donors (Lipinski definition) is 2. The average molecular weight is 535 g/mol. The molecule has 37 heavy (non-hydrogen) atoms. The highest BCUT2D eigenvalue weighted by Gasteiger charge is 2.29. The fraction of sp³-hybridized carbons (Fsp3) is 0.0714. The third-order valence-electron chi connectivity index (χ3n) is 5.67. The molecule has 0 aliphatic carbocycles. The molecule has 9 heteroatoms. The van der Waals surface area contributed by atoms with Crippen LogP contribution in [0.3, 0.4) is 0 Å². The van der Waals surface area contributed by atoms with Gasteiger partial charge in [0.2, 0.25) is 0 Å². The van der Waals surface area contributed by atoms with E-state index in [4.69, 9.17) is 11.6 Å². The lowest BCUT2D eigenvalue weighted by Gasteiger charge is -2.27. The van der Waals surface area contributed by atoms with E-state index in [9.17, 15) is 23.1 Å². The van der Waals surface area contributed by atoms with Gasteiger partial charge in [-0.2, -0.15) is 0 Å². The zero-order valence-electron chi connectivity index (χ0n) is 19.8. The van der Waals surface area contributed by atoms with Crippen molar-refractivity contribution in [2.24, 2.45) is 0 Å². The molecular formula is C28H23ClN2O5S. The van der Waals surface area contributed by atoms with Gasteiger partial charge in [-0.25, -0.2) is 13.2 Å². The first kappa shape index (κ1) is 25.9. The number of amides is 1. The molecule has 2 N–H and O–H groups in total. The van der Waals surface area contributed by atoms with Gasteiger partial charge in [0.05, 0.1) is 33.9 Å². The Labute approximate surface area is 220 Å². The number of para-hydroxylation sites is 2. The minimum atomic E-state index is -4.10. The summed E-state index contributed by atoms with van der Waals surface area (Å²) in [5, 5.41) is 12.6. The second kappa shape index (κ2) is 10.9. The van der Waals surface area contributed by atoms with E-state index in [-0.39, 0.29) is 33.9 Å². The van der Waals surface area contributed by atoms with Crippen LogP contribution in [-0.4, -0.2) is 25.4 Å². The molecule has 0 saturated heterocycles. The topological polar surface area (TPSA) is 104 Å². The van der Waals surface area contributed by atoms with Gasteiger partial charge in [-0.3, -0.25) is 9.10 Å². The second-order valence-electron chi connectivity index (χ2n) is 8.27. The molecule has 4 rings (SSSR count). The van der Waals surface area contributed by atoms with E-state index in [1.54, 1.807) is 66.7 Å². The molecule has 0 fully saturated rings. The first-order valence-electron chi connectivity index (χ1n) is 11.2. The van der Waals surface area contributed by atoms with Crippen LogP contribution < -0.4 is 9.62 Å². The monoisotopic (exact) mass is 534 g/mol. The van der Waals surface area contributed by atoms with Crippen molar-refractivity contribution in [3.63, 3.8) is 0 Å². The first-order valence-corrected chi connectivity index (χ1v) is 13.0. The molecule has 0 unspecified atom stereocenters. The van der Waals surface area contributed by atoms with E-state index < -0.39 is 21.9 Å². The Hall–Kier alpha value is -4.14. The summed E-state index contributed by atoms with van der Waals surface area (Å²) in [7, 11) is -4.10. The van der Waals surface area contributed by atoms with Crippen molar-refractivity contribution < 1.29 is 23.1 Å².